The highest BCUT2D eigenvalue weighted by atomic mass is 35.5. The molecule has 0 aliphatic heterocycles. The van der Waals surface area contributed by atoms with E-state index in [1.54, 1.807) is 0 Å². The number of hydrogen-bond acceptors (Lipinski definition) is 2. The van der Waals surface area contributed by atoms with Gasteiger partial charge in [0.05, 0.1) is 5.02 Å². The van der Waals surface area contributed by atoms with Gasteiger partial charge in [-0.2, -0.15) is 0 Å². The molecule has 0 radical (unpaired) electrons. The van der Waals surface area contributed by atoms with E-state index in [0.29, 0.717) is 0 Å². The van der Waals surface area contributed by atoms with E-state index in [1.165, 1.54) is 17.7 Å². The summed E-state index contributed by atoms with van der Waals surface area (Å²) in [7, 11) is 0. The predicted molar refractivity (Wildman–Crippen MR) is 67.5 cm³/mol. The van der Waals surface area contributed by atoms with E-state index >= 15 is 0 Å². The molecule has 15 heavy (non-hydrogen) atoms. The molecule has 82 valence electrons. The zero-order chi connectivity index (χ0) is 11.1. The maximum Gasteiger partial charge on any atom is 0.0545 e. The second kappa shape index (κ2) is 4.00. The zero-order valence-corrected chi connectivity index (χ0v) is 10.7. The molecule has 0 unspecified atom stereocenters. The molecule has 0 bridgehead atoms. The van der Waals surface area contributed by atoms with Crippen molar-refractivity contribution in [3.05, 3.63) is 28.8 Å². The van der Waals surface area contributed by atoms with E-state index in [1.807, 2.05) is 31.7 Å². The average Bonchev–Trinajstić information content (AvgIpc) is 2.90. The lowest BCUT2D eigenvalue weighted by Crippen LogP contribution is -2.28. The summed E-state index contributed by atoms with van der Waals surface area (Å²) >= 11 is 8.11. The highest BCUT2D eigenvalue weighted by Gasteiger charge is 2.24. The van der Waals surface area contributed by atoms with Gasteiger partial charge in [-0.3, -0.25) is 0 Å². The van der Waals surface area contributed by atoms with Gasteiger partial charge in [0.25, 0.3) is 0 Å². The summed E-state index contributed by atoms with van der Waals surface area (Å²) in [5, 5.41) is 1.63. The number of benzene rings is 1. The Hall–Kier alpha value is -0.180. The van der Waals surface area contributed by atoms with E-state index in [0.717, 1.165) is 15.8 Å². The standard InChI is InChI=1S/C12H16ClNS/c1-12(2,14)8-3-6-11(10(13)7-8)15-9-4-5-9/h3,6-7,9H,4-5,14H2,1-2H3. The summed E-state index contributed by atoms with van der Waals surface area (Å²) in [6.45, 7) is 3.98. The minimum atomic E-state index is -0.313. The summed E-state index contributed by atoms with van der Waals surface area (Å²) in [5.74, 6) is 0. The van der Waals surface area contributed by atoms with Crippen LogP contribution in [0.1, 0.15) is 32.3 Å². The molecule has 1 nitrogen and oxygen atoms in total. The van der Waals surface area contributed by atoms with Crippen molar-refractivity contribution in [1.82, 2.24) is 0 Å². The molecule has 1 aliphatic rings. The van der Waals surface area contributed by atoms with Crippen molar-refractivity contribution in [2.75, 3.05) is 0 Å². The summed E-state index contributed by atoms with van der Waals surface area (Å²) < 4.78 is 0. The van der Waals surface area contributed by atoms with Crippen molar-refractivity contribution in [2.24, 2.45) is 5.73 Å². The fourth-order valence-corrected chi connectivity index (χ4v) is 2.73. The fourth-order valence-electron chi connectivity index (χ4n) is 1.36. The van der Waals surface area contributed by atoms with Crippen LogP contribution < -0.4 is 5.73 Å². The summed E-state index contributed by atoms with van der Waals surface area (Å²) in [6.07, 6.45) is 2.65. The largest absolute Gasteiger partial charge is 0.322 e. The Morgan fingerprint density at radius 2 is 2.07 bits per heavy atom. The van der Waals surface area contributed by atoms with Crippen LogP contribution in [-0.2, 0) is 5.54 Å². The van der Waals surface area contributed by atoms with Gasteiger partial charge in [-0.15, -0.1) is 11.8 Å². The van der Waals surface area contributed by atoms with Gasteiger partial charge in [-0.25, -0.2) is 0 Å². The maximum atomic E-state index is 6.23. The van der Waals surface area contributed by atoms with Crippen LogP contribution in [0.15, 0.2) is 23.1 Å². The number of hydrogen-bond donors (Lipinski definition) is 1. The third-order valence-electron chi connectivity index (χ3n) is 2.49. The second-order valence-electron chi connectivity index (χ2n) is 4.68. The first-order chi connectivity index (χ1) is 6.97. The van der Waals surface area contributed by atoms with Crippen molar-refractivity contribution in [2.45, 2.75) is 42.4 Å². The van der Waals surface area contributed by atoms with Crippen molar-refractivity contribution in [3.8, 4) is 0 Å². The van der Waals surface area contributed by atoms with Crippen molar-refractivity contribution < 1.29 is 0 Å². The third-order valence-corrected chi connectivity index (χ3v) is 4.33. The molecule has 2 rings (SSSR count). The molecule has 1 aromatic carbocycles. The highest BCUT2D eigenvalue weighted by Crippen LogP contribution is 2.42. The second-order valence-corrected chi connectivity index (χ2v) is 6.43. The Morgan fingerprint density at radius 3 is 2.53 bits per heavy atom. The van der Waals surface area contributed by atoms with Crippen LogP contribution in [0.3, 0.4) is 0 Å². The molecule has 2 N–H and O–H groups in total. The number of thioether (sulfide) groups is 1. The van der Waals surface area contributed by atoms with Crippen LogP contribution in [0.4, 0.5) is 0 Å². The number of nitrogens with two attached hydrogens (primary N) is 1. The third kappa shape index (κ3) is 2.90. The van der Waals surface area contributed by atoms with E-state index in [-0.39, 0.29) is 5.54 Å². The van der Waals surface area contributed by atoms with E-state index in [9.17, 15) is 0 Å². The molecule has 1 fully saturated rings. The van der Waals surface area contributed by atoms with Crippen LogP contribution >= 0.6 is 23.4 Å². The fraction of sp³-hybridized carbons (Fsp3) is 0.500. The molecule has 0 saturated heterocycles. The lowest BCUT2D eigenvalue weighted by molar-refractivity contribution is 0.554. The molecule has 0 heterocycles. The molecule has 1 aliphatic carbocycles. The average molecular weight is 242 g/mol. The van der Waals surface area contributed by atoms with Crippen LogP contribution in [0.5, 0.6) is 0 Å². The molecular formula is C12H16ClNS. The Labute approximate surface area is 100 Å². The molecule has 3 heteroatoms. The molecule has 0 atom stereocenters. The lowest BCUT2D eigenvalue weighted by atomic mass is 9.96. The first kappa shape index (κ1) is 11.3. The summed E-state index contributed by atoms with van der Waals surface area (Å²) in [6, 6.07) is 6.16. The maximum absolute atomic E-state index is 6.23. The first-order valence-corrected chi connectivity index (χ1v) is 6.48. The lowest BCUT2D eigenvalue weighted by Gasteiger charge is -2.20. The van der Waals surface area contributed by atoms with E-state index < -0.39 is 0 Å². The Morgan fingerprint density at radius 1 is 1.40 bits per heavy atom. The number of rotatable bonds is 3. The van der Waals surface area contributed by atoms with Crippen molar-refractivity contribution in [1.29, 1.82) is 0 Å². The minimum Gasteiger partial charge on any atom is -0.322 e. The SMILES string of the molecule is CC(C)(N)c1ccc(SC2CC2)c(Cl)c1. The van der Waals surface area contributed by atoms with Crippen molar-refractivity contribution in [3.63, 3.8) is 0 Å². The van der Waals surface area contributed by atoms with Gasteiger partial charge in [0.1, 0.15) is 0 Å². The first-order valence-electron chi connectivity index (χ1n) is 5.22. The van der Waals surface area contributed by atoms with E-state index in [4.69, 9.17) is 17.3 Å². The quantitative estimate of drug-likeness (QED) is 0.872. The predicted octanol–water partition coefficient (Wildman–Crippen LogP) is 3.79. The van der Waals surface area contributed by atoms with Gasteiger partial charge in [0.2, 0.25) is 0 Å². The zero-order valence-electron chi connectivity index (χ0n) is 9.09. The minimum absolute atomic E-state index is 0.313. The molecule has 0 spiro atoms. The van der Waals surface area contributed by atoms with Crippen LogP contribution in [0, 0.1) is 0 Å². The smallest absolute Gasteiger partial charge is 0.0545 e. The molecule has 1 saturated carbocycles. The van der Waals surface area contributed by atoms with Gasteiger partial charge in [-0.05, 0) is 44.4 Å². The van der Waals surface area contributed by atoms with Gasteiger partial charge >= 0.3 is 0 Å². The van der Waals surface area contributed by atoms with Crippen LogP contribution in [0.25, 0.3) is 0 Å². The van der Waals surface area contributed by atoms with Gasteiger partial charge in [0, 0.05) is 15.7 Å². The van der Waals surface area contributed by atoms with Gasteiger partial charge in [0.15, 0.2) is 0 Å². The monoisotopic (exact) mass is 241 g/mol. The summed E-state index contributed by atoms with van der Waals surface area (Å²) in [5.41, 5.74) is 6.80. The Balaban J connectivity index is 2.21. The molecule has 0 amide bonds. The molecular weight excluding hydrogens is 226 g/mol. The Bertz CT molecular complexity index is 366. The normalized spacial score (nSPS) is 16.8. The van der Waals surface area contributed by atoms with Crippen molar-refractivity contribution >= 4 is 23.4 Å². The highest BCUT2D eigenvalue weighted by molar-refractivity contribution is 8.00. The van der Waals surface area contributed by atoms with Gasteiger partial charge in [-0.1, -0.05) is 17.7 Å². The van der Waals surface area contributed by atoms with Gasteiger partial charge < -0.3 is 5.73 Å². The van der Waals surface area contributed by atoms with Crippen LogP contribution in [0.2, 0.25) is 5.02 Å². The molecule has 0 aromatic heterocycles. The topological polar surface area (TPSA) is 26.0 Å². The van der Waals surface area contributed by atoms with Crippen LogP contribution in [-0.4, -0.2) is 5.25 Å². The Kier molecular flexibility index (Phi) is 3.02. The molecule has 1 aromatic rings. The van der Waals surface area contributed by atoms with E-state index in [2.05, 4.69) is 12.1 Å². The number of halogens is 1. The summed E-state index contributed by atoms with van der Waals surface area (Å²) in [4.78, 5) is 1.19.